The van der Waals surface area contributed by atoms with Gasteiger partial charge in [-0.1, -0.05) is 11.8 Å². The second-order valence-corrected chi connectivity index (χ2v) is 5.95. The van der Waals surface area contributed by atoms with Crippen LogP contribution in [0.3, 0.4) is 0 Å². The summed E-state index contributed by atoms with van der Waals surface area (Å²) in [7, 11) is 0. The zero-order valence-corrected chi connectivity index (χ0v) is 11.4. The molecule has 0 saturated carbocycles. The molecule has 1 N–H and O–H groups in total. The zero-order chi connectivity index (χ0) is 12.8. The Hall–Kier alpha value is -0.710. The fraction of sp³-hybridized carbons (Fsp3) is 0.818. The van der Waals surface area contributed by atoms with Gasteiger partial charge in [-0.2, -0.15) is 0 Å². The van der Waals surface area contributed by atoms with E-state index in [4.69, 9.17) is 4.74 Å². The summed E-state index contributed by atoms with van der Waals surface area (Å²) >= 11 is 1.27. The van der Waals surface area contributed by atoms with Crippen molar-refractivity contribution in [3.63, 3.8) is 0 Å². The molecule has 4 nitrogen and oxygen atoms in total. The van der Waals surface area contributed by atoms with Crippen LogP contribution in [0.2, 0.25) is 0 Å². The molecule has 0 radical (unpaired) electrons. The molecule has 0 heterocycles. The quantitative estimate of drug-likeness (QED) is 0.829. The van der Waals surface area contributed by atoms with Crippen molar-refractivity contribution in [2.75, 3.05) is 5.75 Å². The van der Waals surface area contributed by atoms with E-state index in [0.29, 0.717) is 5.75 Å². The Morgan fingerprint density at radius 3 is 2.38 bits per heavy atom. The Bertz CT molecular complexity index is 248. The molecule has 0 rings (SSSR count). The maximum absolute atomic E-state index is 11.4. The first-order valence-corrected chi connectivity index (χ1v) is 6.32. The summed E-state index contributed by atoms with van der Waals surface area (Å²) < 4.78 is 5.11. The van der Waals surface area contributed by atoms with E-state index in [1.807, 2.05) is 27.7 Å². The molecule has 0 aliphatic carbocycles. The molecule has 94 valence electrons. The van der Waals surface area contributed by atoms with Gasteiger partial charge in [0.2, 0.25) is 0 Å². The molecular weight excluding hydrogens is 226 g/mol. The van der Waals surface area contributed by atoms with Crippen molar-refractivity contribution in [1.82, 2.24) is 5.32 Å². The van der Waals surface area contributed by atoms with Crippen LogP contribution in [0.4, 0.5) is 4.79 Å². The van der Waals surface area contributed by atoms with Gasteiger partial charge in [-0.25, -0.2) is 4.79 Å². The van der Waals surface area contributed by atoms with Crippen LogP contribution < -0.4 is 5.32 Å². The van der Waals surface area contributed by atoms with E-state index in [2.05, 4.69) is 5.32 Å². The van der Waals surface area contributed by atoms with Crippen molar-refractivity contribution in [1.29, 1.82) is 0 Å². The maximum Gasteiger partial charge on any atom is 0.407 e. The number of amides is 1. The van der Waals surface area contributed by atoms with Gasteiger partial charge >= 0.3 is 6.09 Å². The van der Waals surface area contributed by atoms with Gasteiger partial charge in [-0.3, -0.25) is 4.79 Å². The first-order valence-electron chi connectivity index (χ1n) is 5.33. The fourth-order valence-corrected chi connectivity index (χ4v) is 1.72. The number of thioether (sulfide) groups is 1. The largest absolute Gasteiger partial charge is 0.444 e. The third-order valence-corrected chi connectivity index (χ3v) is 2.47. The molecular formula is C11H21NO3S. The number of hydrogen-bond acceptors (Lipinski definition) is 4. The number of alkyl carbamates (subject to hydrolysis) is 1. The Balaban J connectivity index is 3.74. The second kappa shape index (κ2) is 6.78. The Morgan fingerprint density at radius 1 is 1.38 bits per heavy atom. The van der Waals surface area contributed by atoms with Gasteiger partial charge in [0.15, 0.2) is 5.12 Å². The first-order chi connectivity index (χ1) is 7.20. The van der Waals surface area contributed by atoms with Crippen LogP contribution >= 0.6 is 11.8 Å². The minimum atomic E-state index is -0.474. The molecule has 0 saturated heterocycles. The lowest BCUT2D eigenvalue weighted by Crippen LogP contribution is -2.37. The minimum absolute atomic E-state index is 0.0155. The molecule has 0 spiro atoms. The van der Waals surface area contributed by atoms with Crippen molar-refractivity contribution in [2.45, 2.75) is 52.7 Å². The van der Waals surface area contributed by atoms with E-state index in [1.54, 1.807) is 0 Å². The smallest absolute Gasteiger partial charge is 0.407 e. The predicted molar refractivity (Wildman–Crippen MR) is 66.6 cm³/mol. The molecule has 0 bridgehead atoms. The molecule has 0 aromatic rings. The van der Waals surface area contributed by atoms with Gasteiger partial charge < -0.3 is 10.1 Å². The monoisotopic (exact) mass is 247 g/mol. The van der Waals surface area contributed by atoms with Crippen LogP contribution in [0.5, 0.6) is 0 Å². The van der Waals surface area contributed by atoms with Crippen LogP contribution in [-0.2, 0) is 9.53 Å². The summed E-state index contributed by atoms with van der Waals surface area (Å²) in [5.74, 6) is 0.715. The summed E-state index contributed by atoms with van der Waals surface area (Å²) in [4.78, 5) is 22.0. The van der Waals surface area contributed by atoms with Gasteiger partial charge in [0.05, 0.1) is 0 Å². The lowest BCUT2D eigenvalue weighted by Gasteiger charge is -2.21. The normalized spacial score (nSPS) is 13.1. The maximum atomic E-state index is 11.4. The summed E-state index contributed by atoms with van der Waals surface area (Å²) in [6.45, 7) is 8.90. The van der Waals surface area contributed by atoms with Crippen LogP contribution in [0, 0.1) is 0 Å². The lowest BCUT2D eigenvalue weighted by molar-refractivity contribution is -0.109. The number of rotatable bonds is 4. The summed E-state index contributed by atoms with van der Waals surface area (Å²) in [5.41, 5.74) is -0.474. The Morgan fingerprint density at radius 2 is 1.94 bits per heavy atom. The zero-order valence-electron chi connectivity index (χ0n) is 10.6. The fourth-order valence-electron chi connectivity index (χ4n) is 0.960. The molecule has 1 amide bonds. The summed E-state index contributed by atoms with van der Waals surface area (Å²) in [6, 6.07) is 0.0155. The average Bonchev–Trinajstić information content (AvgIpc) is 1.98. The predicted octanol–water partition coefficient (Wildman–Crippen LogP) is 2.57. The van der Waals surface area contributed by atoms with Crippen molar-refractivity contribution in [3.05, 3.63) is 0 Å². The highest BCUT2D eigenvalue weighted by Crippen LogP contribution is 2.08. The number of ether oxygens (including phenoxy) is 1. The second-order valence-electron chi connectivity index (χ2n) is 4.68. The number of hydrogen-bond donors (Lipinski definition) is 1. The average molecular weight is 247 g/mol. The van der Waals surface area contributed by atoms with E-state index in [1.165, 1.54) is 18.7 Å². The van der Waals surface area contributed by atoms with E-state index < -0.39 is 11.7 Å². The van der Waals surface area contributed by atoms with Crippen molar-refractivity contribution >= 4 is 23.0 Å². The molecule has 16 heavy (non-hydrogen) atoms. The van der Waals surface area contributed by atoms with E-state index in [-0.39, 0.29) is 11.2 Å². The highest BCUT2D eigenvalue weighted by atomic mass is 32.2. The Labute approximate surface area is 101 Å². The SMILES string of the molecule is CC(=O)SCC[C@@H](C)NC(=O)OC(C)(C)C. The molecule has 0 aromatic heterocycles. The number of nitrogens with one attached hydrogen (secondary N) is 1. The van der Waals surface area contributed by atoms with Crippen LogP contribution in [0.25, 0.3) is 0 Å². The van der Waals surface area contributed by atoms with Gasteiger partial charge in [0.1, 0.15) is 5.60 Å². The van der Waals surface area contributed by atoms with Gasteiger partial charge in [0.25, 0.3) is 0 Å². The van der Waals surface area contributed by atoms with Crippen molar-refractivity contribution in [3.8, 4) is 0 Å². The third-order valence-electron chi connectivity index (χ3n) is 1.62. The van der Waals surface area contributed by atoms with Gasteiger partial charge in [-0.15, -0.1) is 0 Å². The lowest BCUT2D eigenvalue weighted by atomic mass is 10.2. The topological polar surface area (TPSA) is 55.4 Å². The third kappa shape index (κ3) is 9.83. The van der Waals surface area contributed by atoms with Crippen LogP contribution in [0.15, 0.2) is 0 Å². The molecule has 5 heteroatoms. The van der Waals surface area contributed by atoms with Crippen LogP contribution in [0.1, 0.15) is 41.0 Å². The minimum Gasteiger partial charge on any atom is -0.444 e. The summed E-state index contributed by atoms with van der Waals surface area (Å²) in [5, 5.41) is 2.83. The molecule has 0 aromatic carbocycles. The highest BCUT2D eigenvalue weighted by Gasteiger charge is 2.17. The van der Waals surface area contributed by atoms with E-state index in [0.717, 1.165) is 6.42 Å². The van der Waals surface area contributed by atoms with Gasteiger partial charge in [-0.05, 0) is 34.1 Å². The van der Waals surface area contributed by atoms with Crippen molar-refractivity contribution in [2.24, 2.45) is 0 Å². The van der Waals surface area contributed by atoms with Crippen LogP contribution in [-0.4, -0.2) is 28.6 Å². The van der Waals surface area contributed by atoms with Crippen molar-refractivity contribution < 1.29 is 14.3 Å². The van der Waals surface area contributed by atoms with E-state index in [9.17, 15) is 9.59 Å². The summed E-state index contributed by atoms with van der Waals surface area (Å²) in [6.07, 6.45) is 0.344. The highest BCUT2D eigenvalue weighted by molar-refractivity contribution is 8.13. The molecule has 0 fully saturated rings. The Kier molecular flexibility index (Phi) is 6.48. The molecule has 0 aliphatic heterocycles. The number of carbonyl (C=O) groups excluding carboxylic acids is 2. The molecule has 1 atom stereocenters. The molecule has 0 aliphatic rings. The molecule has 0 unspecified atom stereocenters. The van der Waals surface area contributed by atoms with Gasteiger partial charge in [0, 0.05) is 18.7 Å². The number of carbonyl (C=O) groups is 2. The first kappa shape index (κ1) is 15.3. The standard InChI is InChI=1S/C11H21NO3S/c1-8(6-7-16-9(2)13)12-10(14)15-11(3,4)5/h8H,6-7H2,1-5H3,(H,12,14)/t8-/m1/s1. The van der Waals surface area contributed by atoms with E-state index >= 15 is 0 Å².